The van der Waals surface area contributed by atoms with Gasteiger partial charge in [0.15, 0.2) is 0 Å². The lowest BCUT2D eigenvalue weighted by molar-refractivity contribution is -0.137. The summed E-state index contributed by atoms with van der Waals surface area (Å²) in [7, 11) is 1.97. The van der Waals surface area contributed by atoms with Crippen LogP contribution in [0.25, 0.3) is 0 Å². The molecule has 0 amide bonds. The molecule has 0 bridgehead atoms. The van der Waals surface area contributed by atoms with E-state index in [1.54, 1.807) is 0 Å². The SMILES string of the molecule is CO[Si](CCCN(CCC(=O)O)CCC(=O)O)(OC)OC. The number of nitrogens with zero attached hydrogens (tertiary/aromatic N) is 1. The Bertz CT molecular complexity index is 296. The summed E-state index contributed by atoms with van der Waals surface area (Å²) < 4.78 is 15.9. The van der Waals surface area contributed by atoms with Crippen LogP contribution in [0.3, 0.4) is 0 Å². The molecule has 0 radical (unpaired) electrons. The molecule has 0 atom stereocenters. The average Bonchev–Trinajstić information content (AvgIpc) is 2.46. The number of hydrogen-bond acceptors (Lipinski definition) is 6. The van der Waals surface area contributed by atoms with Crippen LogP contribution in [0.4, 0.5) is 0 Å². The molecule has 8 nitrogen and oxygen atoms in total. The number of carbonyl (C=O) groups is 2. The molecule has 2 N–H and O–H groups in total. The topological polar surface area (TPSA) is 106 Å². The molecular weight excluding hydrogens is 298 g/mol. The lowest BCUT2D eigenvalue weighted by atomic mass is 10.3. The van der Waals surface area contributed by atoms with Gasteiger partial charge in [-0.2, -0.15) is 0 Å². The largest absolute Gasteiger partial charge is 0.500 e. The van der Waals surface area contributed by atoms with Gasteiger partial charge in [0.2, 0.25) is 0 Å². The summed E-state index contributed by atoms with van der Waals surface area (Å²) in [5.41, 5.74) is 0. The first-order chi connectivity index (χ1) is 9.89. The van der Waals surface area contributed by atoms with Gasteiger partial charge in [-0.1, -0.05) is 0 Å². The highest BCUT2D eigenvalue weighted by molar-refractivity contribution is 6.60. The minimum absolute atomic E-state index is 0.0129. The quantitative estimate of drug-likeness (QED) is 0.472. The molecule has 9 heteroatoms. The van der Waals surface area contributed by atoms with Crippen LogP contribution >= 0.6 is 0 Å². The van der Waals surface area contributed by atoms with E-state index in [0.717, 1.165) is 0 Å². The van der Waals surface area contributed by atoms with Gasteiger partial charge in [-0.15, -0.1) is 0 Å². The zero-order valence-electron chi connectivity index (χ0n) is 12.8. The Balaban J connectivity index is 4.31. The lowest BCUT2D eigenvalue weighted by Crippen LogP contribution is -2.43. The van der Waals surface area contributed by atoms with Crippen molar-refractivity contribution in [3.8, 4) is 0 Å². The maximum absolute atomic E-state index is 10.6. The van der Waals surface area contributed by atoms with E-state index in [-0.39, 0.29) is 12.8 Å². The molecule has 0 aliphatic heterocycles. The van der Waals surface area contributed by atoms with Crippen molar-refractivity contribution in [3.63, 3.8) is 0 Å². The number of hydrogen-bond donors (Lipinski definition) is 2. The molecule has 0 spiro atoms. The summed E-state index contributed by atoms with van der Waals surface area (Å²) >= 11 is 0. The van der Waals surface area contributed by atoms with Gasteiger partial charge in [-0.3, -0.25) is 9.59 Å². The number of carboxylic acid groups (broad SMARTS) is 2. The second-order valence-corrected chi connectivity index (χ2v) is 7.62. The summed E-state index contributed by atoms with van der Waals surface area (Å²) in [5, 5.41) is 17.4. The van der Waals surface area contributed by atoms with Crippen LogP contribution in [0.2, 0.25) is 6.04 Å². The molecule has 0 aliphatic carbocycles. The van der Waals surface area contributed by atoms with E-state index in [4.69, 9.17) is 23.5 Å². The second-order valence-electron chi connectivity index (χ2n) is 4.53. The van der Waals surface area contributed by atoms with E-state index in [1.165, 1.54) is 21.3 Å². The van der Waals surface area contributed by atoms with E-state index >= 15 is 0 Å². The zero-order valence-corrected chi connectivity index (χ0v) is 13.8. The number of aliphatic carboxylic acids is 2. The average molecular weight is 323 g/mol. The molecule has 0 unspecified atom stereocenters. The van der Waals surface area contributed by atoms with Crippen LogP contribution in [-0.2, 0) is 22.9 Å². The third-order valence-corrected chi connectivity index (χ3v) is 6.01. The van der Waals surface area contributed by atoms with E-state index in [2.05, 4.69) is 0 Å². The number of rotatable bonds is 13. The normalized spacial score (nSPS) is 11.8. The van der Waals surface area contributed by atoms with Gasteiger partial charge in [0.1, 0.15) is 0 Å². The van der Waals surface area contributed by atoms with Crippen LogP contribution in [0.15, 0.2) is 0 Å². The smallest absolute Gasteiger partial charge is 0.481 e. The van der Waals surface area contributed by atoms with E-state index in [0.29, 0.717) is 32.1 Å². The van der Waals surface area contributed by atoms with Gasteiger partial charge >= 0.3 is 20.7 Å². The molecule has 21 heavy (non-hydrogen) atoms. The van der Waals surface area contributed by atoms with Crippen molar-refractivity contribution in [3.05, 3.63) is 0 Å². The molecule has 0 saturated heterocycles. The predicted molar refractivity (Wildman–Crippen MR) is 77.2 cm³/mol. The predicted octanol–water partition coefficient (Wildman–Crippen LogP) is 0.506. The molecule has 0 fully saturated rings. The van der Waals surface area contributed by atoms with Crippen molar-refractivity contribution in [2.24, 2.45) is 0 Å². The van der Waals surface area contributed by atoms with E-state index in [9.17, 15) is 9.59 Å². The van der Waals surface area contributed by atoms with Gasteiger partial charge in [0, 0.05) is 40.5 Å². The summed E-state index contributed by atoms with van der Waals surface area (Å²) in [5.74, 6) is -1.80. The molecule has 0 aromatic carbocycles. The third kappa shape index (κ3) is 8.78. The summed E-state index contributed by atoms with van der Waals surface area (Å²) in [4.78, 5) is 23.1. The van der Waals surface area contributed by atoms with Crippen LogP contribution < -0.4 is 0 Å². The molecular formula is C12H25NO7Si. The first kappa shape index (κ1) is 20.0. The van der Waals surface area contributed by atoms with Crippen molar-refractivity contribution < 1.29 is 33.1 Å². The summed E-state index contributed by atoms with van der Waals surface area (Å²) in [6.07, 6.45) is 0.656. The molecule has 0 heterocycles. The lowest BCUT2D eigenvalue weighted by Gasteiger charge is -2.26. The van der Waals surface area contributed by atoms with Gasteiger partial charge in [-0.05, 0) is 13.0 Å². The first-order valence-electron chi connectivity index (χ1n) is 6.70. The second kappa shape index (κ2) is 10.7. The van der Waals surface area contributed by atoms with Crippen LogP contribution in [0.5, 0.6) is 0 Å². The van der Waals surface area contributed by atoms with Crippen LogP contribution in [0, 0.1) is 0 Å². The van der Waals surface area contributed by atoms with Crippen LogP contribution in [-0.4, -0.2) is 76.8 Å². The van der Waals surface area contributed by atoms with Crippen molar-refractivity contribution in [2.45, 2.75) is 25.3 Å². The Morgan fingerprint density at radius 1 is 0.905 bits per heavy atom. The standard InChI is InChI=1S/C12H25NO7Si/c1-18-21(19-2,20-3)10-4-7-13(8-5-11(14)15)9-6-12(16)17/h4-10H2,1-3H3,(H,14,15)(H,16,17). The maximum atomic E-state index is 10.6. The highest BCUT2D eigenvalue weighted by Crippen LogP contribution is 2.15. The van der Waals surface area contributed by atoms with Gasteiger partial charge in [0.25, 0.3) is 0 Å². The fourth-order valence-electron chi connectivity index (χ4n) is 1.92. The molecule has 0 aliphatic rings. The van der Waals surface area contributed by atoms with Gasteiger partial charge in [0.05, 0.1) is 12.8 Å². The Kier molecular flexibility index (Phi) is 10.2. The molecule has 124 valence electrons. The van der Waals surface area contributed by atoms with Gasteiger partial charge in [-0.25, -0.2) is 0 Å². The molecule has 0 aromatic rings. The van der Waals surface area contributed by atoms with Gasteiger partial charge < -0.3 is 28.4 Å². The van der Waals surface area contributed by atoms with Crippen molar-refractivity contribution in [2.75, 3.05) is 41.0 Å². The van der Waals surface area contributed by atoms with Crippen molar-refractivity contribution in [1.29, 1.82) is 0 Å². The molecule has 0 rings (SSSR count). The van der Waals surface area contributed by atoms with Crippen LogP contribution in [0.1, 0.15) is 19.3 Å². The Morgan fingerprint density at radius 2 is 1.33 bits per heavy atom. The Hall–Kier alpha value is -1.00. The minimum Gasteiger partial charge on any atom is -0.481 e. The Labute approximate surface area is 126 Å². The number of carboxylic acids is 2. The Morgan fingerprint density at radius 3 is 1.67 bits per heavy atom. The zero-order chi connectivity index (χ0) is 16.3. The fraction of sp³-hybridized carbons (Fsp3) is 0.833. The highest BCUT2D eigenvalue weighted by Gasteiger charge is 2.37. The fourth-order valence-corrected chi connectivity index (χ4v) is 3.62. The monoisotopic (exact) mass is 323 g/mol. The molecule has 0 aromatic heterocycles. The molecule has 0 saturated carbocycles. The maximum Gasteiger partial charge on any atom is 0.500 e. The van der Waals surface area contributed by atoms with Crippen molar-refractivity contribution in [1.82, 2.24) is 4.90 Å². The van der Waals surface area contributed by atoms with E-state index < -0.39 is 20.7 Å². The first-order valence-corrected chi connectivity index (χ1v) is 8.63. The van der Waals surface area contributed by atoms with E-state index in [1.807, 2.05) is 4.90 Å². The van der Waals surface area contributed by atoms with Crippen molar-refractivity contribution >= 4 is 20.7 Å². The third-order valence-electron chi connectivity index (χ3n) is 3.17. The summed E-state index contributed by atoms with van der Waals surface area (Å²) in [6.45, 7) is 1.22. The summed E-state index contributed by atoms with van der Waals surface area (Å²) in [6, 6.07) is 0.590. The minimum atomic E-state index is -2.63. The highest BCUT2D eigenvalue weighted by atomic mass is 28.4.